The van der Waals surface area contributed by atoms with Gasteiger partial charge in [-0.15, -0.1) is 12.3 Å². The Labute approximate surface area is 108 Å². The molecule has 0 spiro atoms. The lowest BCUT2D eigenvalue weighted by Crippen LogP contribution is -2.31. The van der Waals surface area contributed by atoms with Gasteiger partial charge in [-0.25, -0.2) is 0 Å². The minimum Gasteiger partial charge on any atom is -0.389 e. The molecule has 1 aromatic carbocycles. The van der Waals surface area contributed by atoms with Crippen LogP contribution in [0, 0.1) is 12.3 Å². The molecule has 18 heavy (non-hydrogen) atoms. The molecule has 0 saturated carbocycles. The lowest BCUT2D eigenvalue weighted by atomic mass is 9.99. The van der Waals surface area contributed by atoms with Gasteiger partial charge in [0.1, 0.15) is 12.2 Å². The molecule has 2 rings (SSSR count). The lowest BCUT2D eigenvalue weighted by molar-refractivity contribution is -0.155. The van der Waals surface area contributed by atoms with Gasteiger partial charge in [-0.05, 0) is 19.4 Å². The molecular formula is C15H18O3. The SMILES string of the molecule is C#CC[C@H](O)[C@@H]1OC(C)(C)O[C@H]1c1ccccc1. The highest BCUT2D eigenvalue weighted by Crippen LogP contribution is 2.39. The fraction of sp³-hybridized carbons (Fsp3) is 0.467. The van der Waals surface area contributed by atoms with E-state index < -0.39 is 18.0 Å². The van der Waals surface area contributed by atoms with Crippen molar-refractivity contribution in [2.45, 2.75) is 44.4 Å². The molecule has 0 aliphatic carbocycles. The molecule has 0 aromatic heterocycles. The summed E-state index contributed by atoms with van der Waals surface area (Å²) in [5.74, 6) is 1.75. The Balaban J connectivity index is 2.24. The molecule has 0 unspecified atom stereocenters. The lowest BCUT2D eigenvalue weighted by Gasteiger charge is -2.21. The van der Waals surface area contributed by atoms with Crippen LogP contribution in [-0.4, -0.2) is 23.1 Å². The predicted octanol–water partition coefficient (Wildman–Crippen LogP) is 2.26. The molecule has 1 N–H and O–H groups in total. The molecule has 3 nitrogen and oxygen atoms in total. The number of terminal acetylenes is 1. The molecule has 96 valence electrons. The van der Waals surface area contributed by atoms with Gasteiger partial charge in [0, 0.05) is 6.42 Å². The molecule has 1 saturated heterocycles. The van der Waals surface area contributed by atoms with Gasteiger partial charge >= 0.3 is 0 Å². The number of hydrogen-bond donors (Lipinski definition) is 1. The van der Waals surface area contributed by atoms with Crippen molar-refractivity contribution in [3.8, 4) is 12.3 Å². The van der Waals surface area contributed by atoms with Crippen molar-refractivity contribution in [2.24, 2.45) is 0 Å². The average Bonchev–Trinajstić information content (AvgIpc) is 2.67. The van der Waals surface area contributed by atoms with Crippen molar-refractivity contribution >= 4 is 0 Å². The van der Waals surface area contributed by atoms with E-state index in [2.05, 4.69) is 5.92 Å². The second-order valence-corrected chi connectivity index (χ2v) is 4.91. The summed E-state index contributed by atoms with van der Waals surface area (Å²) in [6.45, 7) is 3.68. The molecule has 1 aliphatic heterocycles. The Morgan fingerprint density at radius 2 is 2.00 bits per heavy atom. The van der Waals surface area contributed by atoms with E-state index >= 15 is 0 Å². The van der Waals surface area contributed by atoms with Crippen LogP contribution in [-0.2, 0) is 9.47 Å². The average molecular weight is 246 g/mol. The van der Waals surface area contributed by atoms with E-state index in [4.69, 9.17) is 15.9 Å². The van der Waals surface area contributed by atoms with Crippen molar-refractivity contribution in [1.82, 2.24) is 0 Å². The van der Waals surface area contributed by atoms with Gasteiger partial charge < -0.3 is 14.6 Å². The normalized spacial score (nSPS) is 27.7. The number of ether oxygens (including phenoxy) is 2. The number of rotatable bonds is 3. The van der Waals surface area contributed by atoms with Crippen LogP contribution in [0.3, 0.4) is 0 Å². The van der Waals surface area contributed by atoms with Crippen LogP contribution in [0.1, 0.15) is 31.9 Å². The summed E-state index contributed by atoms with van der Waals surface area (Å²) in [6.07, 6.45) is 4.06. The van der Waals surface area contributed by atoms with Crippen LogP contribution in [0.2, 0.25) is 0 Å². The van der Waals surface area contributed by atoms with E-state index in [1.54, 1.807) is 0 Å². The first-order valence-corrected chi connectivity index (χ1v) is 6.05. The maximum atomic E-state index is 10.1. The van der Waals surface area contributed by atoms with Crippen LogP contribution < -0.4 is 0 Å². The molecule has 1 aromatic rings. The summed E-state index contributed by atoms with van der Waals surface area (Å²) in [4.78, 5) is 0. The first-order valence-electron chi connectivity index (χ1n) is 6.05. The Morgan fingerprint density at radius 1 is 1.33 bits per heavy atom. The van der Waals surface area contributed by atoms with Gasteiger partial charge in [-0.3, -0.25) is 0 Å². The Bertz CT molecular complexity index is 433. The number of benzene rings is 1. The minimum atomic E-state index is -0.720. The third-order valence-electron chi connectivity index (χ3n) is 2.96. The maximum absolute atomic E-state index is 10.1. The summed E-state index contributed by atoms with van der Waals surface area (Å²) in [7, 11) is 0. The molecule has 0 amide bonds. The van der Waals surface area contributed by atoms with Gasteiger partial charge in [0.2, 0.25) is 0 Å². The predicted molar refractivity (Wildman–Crippen MR) is 68.7 cm³/mol. The molecule has 3 heteroatoms. The molecule has 1 aliphatic rings. The van der Waals surface area contributed by atoms with Crippen molar-refractivity contribution in [3.05, 3.63) is 35.9 Å². The highest BCUT2D eigenvalue weighted by Gasteiger charge is 2.45. The molecule has 1 fully saturated rings. The fourth-order valence-corrected chi connectivity index (χ4v) is 2.21. The Hall–Kier alpha value is -1.34. The van der Waals surface area contributed by atoms with Crippen molar-refractivity contribution in [2.75, 3.05) is 0 Å². The van der Waals surface area contributed by atoms with E-state index in [9.17, 15) is 5.11 Å². The third-order valence-corrected chi connectivity index (χ3v) is 2.96. The molecular weight excluding hydrogens is 228 g/mol. The summed E-state index contributed by atoms with van der Waals surface area (Å²) in [5, 5.41) is 10.1. The van der Waals surface area contributed by atoms with Crippen LogP contribution in [0.5, 0.6) is 0 Å². The molecule has 0 bridgehead atoms. The summed E-state index contributed by atoms with van der Waals surface area (Å²) in [5.41, 5.74) is 0.990. The standard InChI is InChI=1S/C15H18O3/c1-4-8-12(16)14-13(17-15(2,3)18-14)11-9-6-5-7-10-11/h1,5-7,9-10,12-14,16H,8H2,2-3H3/t12-,13-,14-/m0/s1. The zero-order chi connectivity index (χ0) is 13.2. The highest BCUT2D eigenvalue weighted by atomic mass is 16.8. The van der Waals surface area contributed by atoms with Crippen molar-refractivity contribution in [1.29, 1.82) is 0 Å². The summed E-state index contributed by atoms with van der Waals surface area (Å²) in [6, 6.07) is 9.75. The van der Waals surface area contributed by atoms with Crippen molar-refractivity contribution < 1.29 is 14.6 Å². The van der Waals surface area contributed by atoms with Crippen LogP contribution in [0.4, 0.5) is 0 Å². The monoisotopic (exact) mass is 246 g/mol. The number of hydrogen-bond acceptors (Lipinski definition) is 3. The first kappa shape index (κ1) is 13.1. The maximum Gasteiger partial charge on any atom is 0.164 e. The first-order chi connectivity index (χ1) is 8.53. The van der Waals surface area contributed by atoms with Gasteiger partial charge in [-0.2, -0.15) is 0 Å². The largest absolute Gasteiger partial charge is 0.389 e. The second kappa shape index (κ2) is 5.11. The minimum absolute atomic E-state index is 0.257. The van der Waals surface area contributed by atoms with Crippen molar-refractivity contribution in [3.63, 3.8) is 0 Å². The Kier molecular flexibility index (Phi) is 3.72. The summed E-state index contributed by atoms with van der Waals surface area (Å²) >= 11 is 0. The van der Waals surface area contributed by atoms with E-state index in [1.807, 2.05) is 44.2 Å². The van der Waals surface area contributed by atoms with Crippen LogP contribution >= 0.6 is 0 Å². The van der Waals surface area contributed by atoms with E-state index in [1.165, 1.54) is 0 Å². The van der Waals surface area contributed by atoms with E-state index in [-0.39, 0.29) is 12.5 Å². The summed E-state index contributed by atoms with van der Waals surface area (Å²) < 4.78 is 11.6. The van der Waals surface area contributed by atoms with Gasteiger partial charge in [-0.1, -0.05) is 30.3 Å². The fourth-order valence-electron chi connectivity index (χ4n) is 2.21. The van der Waals surface area contributed by atoms with Gasteiger partial charge in [0.15, 0.2) is 5.79 Å². The smallest absolute Gasteiger partial charge is 0.164 e. The quantitative estimate of drug-likeness (QED) is 0.831. The van der Waals surface area contributed by atoms with Crippen LogP contribution in [0.15, 0.2) is 30.3 Å². The second-order valence-electron chi connectivity index (χ2n) is 4.91. The molecule has 1 heterocycles. The topological polar surface area (TPSA) is 38.7 Å². The zero-order valence-electron chi connectivity index (χ0n) is 10.7. The van der Waals surface area contributed by atoms with Gasteiger partial charge in [0.25, 0.3) is 0 Å². The Morgan fingerprint density at radius 3 is 2.61 bits per heavy atom. The van der Waals surface area contributed by atoms with Crippen LogP contribution in [0.25, 0.3) is 0 Å². The molecule has 0 radical (unpaired) electrons. The molecule has 3 atom stereocenters. The number of aliphatic hydroxyl groups excluding tert-OH is 1. The van der Waals surface area contributed by atoms with Gasteiger partial charge in [0.05, 0.1) is 6.10 Å². The third kappa shape index (κ3) is 2.73. The zero-order valence-corrected chi connectivity index (χ0v) is 10.7. The number of aliphatic hydroxyl groups is 1. The van der Waals surface area contributed by atoms with E-state index in [0.29, 0.717) is 0 Å². The highest BCUT2D eigenvalue weighted by molar-refractivity contribution is 5.20. The van der Waals surface area contributed by atoms with E-state index in [0.717, 1.165) is 5.56 Å².